The largest absolute Gasteiger partial charge is 0.496 e. The number of carbonyl (C=O) groups excluding carboxylic acids is 3. The lowest BCUT2D eigenvalue weighted by molar-refractivity contribution is -0.160. The van der Waals surface area contributed by atoms with Crippen LogP contribution in [0.4, 0.5) is 0 Å². The lowest BCUT2D eigenvalue weighted by Gasteiger charge is -2.23. The van der Waals surface area contributed by atoms with Crippen molar-refractivity contribution in [3.63, 3.8) is 0 Å². The van der Waals surface area contributed by atoms with Crippen LogP contribution >= 0.6 is 11.8 Å². The summed E-state index contributed by atoms with van der Waals surface area (Å²) in [7, 11) is 1.46. The van der Waals surface area contributed by atoms with Gasteiger partial charge in [-0.3, -0.25) is 14.4 Å². The minimum atomic E-state index is -1.43. The molecule has 5 nitrogen and oxygen atoms in total. The first kappa shape index (κ1) is 19.5. The van der Waals surface area contributed by atoms with Crippen molar-refractivity contribution in [3.8, 4) is 5.75 Å². The topological polar surface area (TPSA) is 69.7 Å². The van der Waals surface area contributed by atoms with Crippen LogP contribution in [-0.4, -0.2) is 36.5 Å². The number of thioether (sulfide) groups is 1. The van der Waals surface area contributed by atoms with Crippen LogP contribution in [0.5, 0.6) is 5.75 Å². The Hall–Kier alpha value is -1.82. The molecule has 136 valence electrons. The molecule has 0 aromatic heterocycles. The third-order valence-electron chi connectivity index (χ3n) is 3.84. The van der Waals surface area contributed by atoms with Gasteiger partial charge in [-0.05, 0) is 58.1 Å². The van der Waals surface area contributed by atoms with Gasteiger partial charge in [0.1, 0.15) is 11.4 Å². The monoisotopic (exact) mass is 364 g/mol. The number of carbonyl (C=O) groups is 3. The smallest absolute Gasteiger partial charge is 0.325 e. The molecule has 1 aromatic carbocycles. The highest BCUT2D eigenvalue weighted by Gasteiger charge is 2.45. The van der Waals surface area contributed by atoms with Crippen LogP contribution in [0.2, 0.25) is 0 Å². The van der Waals surface area contributed by atoms with Gasteiger partial charge in [-0.2, -0.15) is 0 Å². The highest BCUT2D eigenvalue weighted by atomic mass is 32.2. The maximum absolute atomic E-state index is 13.0. The molecule has 0 spiro atoms. The van der Waals surface area contributed by atoms with Crippen LogP contribution in [-0.2, 0) is 14.3 Å². The summed E-state index contributed by atoms with van der Waals surface area (Å²) >= 11 is 1.51. The molecule has 1 unspecified atom stereocenters. The number of benzene rings is 1. The molecule has 1 atom stereocenters. The third kappa shape index (κ3) is 4.84. The predicted octanol–water partition coefficient (Wildman–Crippen LogP) is 3.54. The Morgan fingerprint density at radius 2 is 1.84 bits per heavy atom. The molecular weight excluding hydrogens is 340 g/mol. The summed E-state index contributed by atoms with van der Waals surface area (Å²) in [4.78, 5) is 39.1. The molecule has 2 rings (SSSR count). The van der Waals surface area contributed by atoms with Gasteiger partial charge in [0.05, 0.1) is 12.7 Å². The van der Waals surface area contributed by atoms with Crippen molar-refractivity contribution in [3.05, 3.63) is 23.8 Å². The Balaban J connectivity index is 2.38. The number of hydrogen-bond donors (Lipinski definition) is 0. The zero-order valence-electron chi connectivity index (χ0n) is 15.3. The van der Waals surface area contributed by atoms with E-state index in [4.69, 9.17) is 9.47 Å². The summed E-state index contributed by atoms with van der Waals surface area (Å²) < 4.78 is 10.6. The average Bonchev–Trinajstić information content (AvgIpc) is 3.37. The zero-order valence-corrected chi connectivity index (χ0v) is 16.1. The van der Waals surface area contributed by atoms with E-state index >= 15 is 0 Å². The number of ketones is 2. The van der Waals surface area contributed by atoms with Crippen LogP contribution in [0.3, 0.4) is 0 Å². The highest BCUT2D eigenvalue weighted by Crippen LogP contribution is 2.35. The first-order valence-electron chi connectivity index (χ1n) is 8.20. The predicted molar refractivity (Wildman–Crippen MR) is 96.2 cm³/mol. The van der Waals surface area contributed by atoms with Crippen LogP contribution in [0, 0.1) is 11.8 Å². The molecule has 0 bridgehead atoms. The van der Waals surface area contributed by atoms with Crippen molar-refractivity contribution in [2.24, 2.45) is 11.8 Å². The molecule has 1 aliphatic rings. The minimum Gasteiger partial charge on any atom is -0.496 e. The molecule has 1 aliphatic carbocycles. The molecule has 0 saturated heterocycles. The number of ether oxygens (including phenoxy) is 2. The van der Waals surface area contributed by atoms with E-state index in [2.05, 4.69) is 0 Å². The molecule has 0 heterocycles. The summed E-state index contributed by atoms with van der Waals surface area (Å²) in [6, 6.07) is 5.10. The third-order valence-corrected chi connectivity index (χ3v) is 4.57. The summed E-state index contributed by atoms with van der Waals surface area (Å²) in [6.07, 6.45) is 3.35. The van der Waals surface area contributed by atoms with Crippen molar-refractivity contribution in [2.75, 3.05) is 13.4 Å². The Kier molecular flexibility index (Phi) is 5.93. The minimum absolute atomic E-state index is 0.224. The number of esters is 1. The Bertz CT molecular complexity index is 686. The van der Waals surface area contributed by atoms with E-state index in [-0.39, 0.29) is 17.3 Å². The summed E-state index contributed by atoms with van der Waals surface area (Å²) in [5.74, 6) is -3.00. The molecule has 25 heavy (non-hydrogen) atoms. The number of Topliss-reactive ketones (excluding diaryl/α,β-unsaturated/α-hetero) is 2. The Morgan fingerprint density at radius 3 is 2.32 bits per heavy atom. The van der Waals surface area contributed by atoms with Gasteiger partial charge in [0.15, 0.2) is 17.5 Å². The van der Waals surface area contributed by atoms with Crippen LogP contribution in [0.15, 0.2) is 23.1 Å². The second-order valence-corrected chi connectivity index (χ2v) is 7.95. The first-order chi connectivity index (χ1) is 11.7. The molecule has 1 saturated carbocycles. The van der Waals surface area contributed by atoms with E-state index in [0.717, 1.165) is 4.90 Å². The summed E-state index contributed by atoms with van der Waals surface area (Å²) in [6.45, 7) is 5.13. The molecule has 0 N–H and O–H groups in total. The second-order valence-electron chi connectivity index (χ2n) is 7.07. The fraction of sp³-hybridized carbons (Fsp3) is 0.526. The zero-order chi connectivity index (χ0) is 18.8. The molecule has 6 heteroatoms. The lowest BCUT2D eigenvalue weighted by atomic mass is 9.90. The summed E-state index contributed by atoms with van der Waals surface area (Å²) in [5.41, 5.74) is -0.545. The number of hydrogen-bond acceptors (Lipinski definition) is 6. The molecule has 0 aliphatic heterocycles. The van der Waals surface area contributed by atoms with Crippen LogP contribution in [0.25, 0.3) is 0 Å². The van der Waals surface area contributed by atoms with E-state index in [9.17, 15) is 14.4 Å². The van der Waals surface area contributed by atoms with Crippen molar-refractivity contribution in [1.29, 1.82) is 0 Å². The van der Waals surface area contributed by atoms with Crippen LogP contribution < -0.4 is 4.74 Å². The molecule has 1 fully saturated rings. The summed E-state index contributed by atoms with van der Waals surface area (Å²) in [5, 5.41) is 0. The van der Waals surface area contributed by atoms with Gasteiger partial charge in [-0.15, -0.1) is 11.8 Å². The van der Waals surface area contributed by atoms with E-state index in [1.165, 1.54) is 18.9 Å². The van der Waals surface area contributed by atoms with Gasteiger partial charge in [0.2, 0.25) is 0 Å². The first-order valence-corrected chi connectivity index (χ1v) is 9.43. The highest BCUT2D eigenvalue weighted by molar-refractivity contribution is 7.98. The number of methoxy groups -OCH3 is 1. The lowest BCUT2D eigenvalue weighted by Crippen LogP contribution is -2.38. The van der Waals surface area contributed by atoms with E-state index in [1.54, 1.807) is 39.0 Å². The van der Waals surface area contributed by atoms with Gasteiger partial charge >= 0.3 is 5.97 Å². The Morgan fingerprint density at radius 1 is 1.20 bits per heavy atom. The van der Waals surface area contributed by atoms with Crippen molar-refractivity contribution in [1.82, 2.24) is 0 Å². The fourth-order valence-electron chi connectivity index (χ4n) is 2.47. The van der Waals surface area contributed by atoms with Gasteiger partial charge in [-0.25, -0.2) is 0 Å². The normalized spacial score (nSPS) is 15.4. The van der Waals surface area contributed by atoms with Gasteiger partial charge in [0, 0.05) is 10.8 Å². The van der Waals surface area contributed by atoms with Crippen LogP contribution in [0.1, 0.15) is 44.0 Å². The molecule has 1 aromatic rings. The van der Waals surface area contributed by atoms with Gasteiger partial charge in [-0.1, -0.05) is 0 Å². The quantitative estimate of drug-likeness (QED) is 0.319. The van der Waals surface area contributed by atoms with Gasteiger partial charge < -0.3 is 9.47 Å². The number of rotatable bonds is 7. The van der Waals surface area contributed by atoms with Crippen molar-refractivity contribution in [2.45, 2.75) is 44.1 Å². The standard InChI is InChI=1S/C19H24O5S/c1-19(2,3)24-18(22)15(16(20)11-6-7-11)17(21)13-9-8-12(25-5)10-14(13)23-4/h8-11,15H,6-7H2,1-5H3. The maximum Gasteiger partial charge on any atom is 0.325 e. The second kappa shape index (κ2) is 7.60. The maximum atomic E-state index is 13.0. The fourth-order valence-corrected chi connectivity index (χ4v) is 2.90. The molecule has 0 radical (unpaired) electrons. The van der Waals surface area contributed by atoms with E-state index in [1.807, 2.05) is 6.26 Å². The average molecular weight is 364 g/mol. The van der Waals surface area contributed by atoms with E-state index < -0.39 is 23.3 Å². The SMILES string of the molecule is COc1cc(SC)ccc1C(=O)C(C(=O)OC(C)(C)C)C(=O)C1CC1. The van der Waals surface area contributed by atoms with Crippen molar-refractivity contribution >= 4 is 29.3 Å². The van der Waals surface area contributed by atoms with Gasteiger partial charge in [0.25, 0.3) is 0 Å². The van der Waals surface area contributed by atoms with E-state index in [0.29, 0.717) is 18.6 Å². The van der Waals surface area contributed by atoms with Crippen molar-refractivity contribution < 1.29 is 23.9 Å². The molecular formula is C19H24O5S. The Labute approximate surface area is 152 Å². The molecule has 0 amide bonds.